The molecular formula is C19H30BrNO3. The highest BCUT2D eigenvalue weighted by molar-refractivity contribution is 9.10. The van der Waals surface area contributed by atoms with Gasteiger partial charge in [-0.25, -0.2) is 0 Å². The van der Waals surface area contributed by atoms with E-state index in [2.05, 4.69) is 21.2 Å². The molecule has 0 radical (unpaired) electrons. The van der Waals surface area contributed by atoms with Gasteiger partial charge in [0.1, 0.15) is 0 Å². The van der Waals surface area contributed by atoms with E-state index < -0.39 is 0 Å². The van der Waals surface area contributed by atoms with Crippen molar-refractivity contribution in [1.29, 1.82) is 0 Å². The molecule has 1 saturated heterocycles. The van der Waals surface area contributed by atoms with E-state index in [1.807, 2.05) is 0 Å². The number of nitrogens with one attached hydrogen (secondary N) is 1. The zero-order valence-electron chi connectivity index (χ0n) is 14.5. The van der Waals surface area contributed by atoms with Crippen molar-refractivity contribution in [3.63, 3.8) is 0 Å². The number of ether oxygens (including phenoxy) is 2. The molecule has 3 atom stereocenters. The third-order valence-corrected chi connectivity index (χ3v) is 7.48. The first-order chi connectivity index (χ1) is 11.6. The third-order valence-electron chi connectivity index (χ3n) is 6.55. The highest BCUT2D eigenvalue weighted by Gasteiger charge is 2.59. The smallest absolute Gasteiger partial charge is 0.226 e. The molecule has 3 unspecified atom stereocenters. The maximum Gasteiger partial charge on any atom is 0.226 e. The number of hydrogen-bond donors (Lipinski definition) is 1. The molecule has 0 aromatic heterocycles. The number of rotatable bonds is 7. The van der Waals surface area contributed by atoms with Crippen molar-refractivity contribution >= 4 is 21.8 Å². The van der Waals surface area contributed by atoms with E-state index in [4.69, 9.17) is 9.47 Å². The number of amides is 1. The van der Waals surface area contributed by atoms with Gasteiger partial charge < -0.3 is 14.8 Å². The molecule has 4 bridgehead atoms. The van der Waals surface area contributed by atoms with Crippen LogP contribution >= 0.6 is 15.9 Å². The summed E-state index contributed by atoms with van der Waals surface area (Å²) in [6.45, 7) is 3.02. The van der Waals surface area contributed by atoms with Crippen LogP contribution in [-0.4, -0.2) is 42.7 Å². The Kier molecular flexibility index (Phi) is 4.96. The van der Waals surface area contributed by atoms with Crippen LogP contribution in [-0.2, 0) is 14.3 Å². The van der Waals surface area contributed by atoms with Gasteiger partial charge in [-0.15, -0.1) is 0 Å². The van der Waals surface area contributed by atoms with Gasteiger partial charge in [0.15, 0.2) is 0 Å². The Balaban J connectivity index is 1.19. The van der Waals surface area contributed by atoms with Crippen LogP contribution in [0, 0.1) is 17.3 Å². The third kappa shape index (κ3) is 3.54. The number of carbonyl (C=O) groups is 1. The summed E-state index contributed by atoms with van der Waals surface area (Å²) >= 11 is 3.98. The Morgan fingerprint density at radius 3 is 2.71 bits per heavy atom. The van der Waals surface area contributed by atoms with E-state index in [9.17, 15) is 4.79 Å². The Morgan fingerprint density at radius 2 is 2.04 bits per heavy atom. The van der Waals surface area contributed by atoms with E-state index in [1.54, 1.807) is 0 Å². The second-order valence-electron chi connectivity index (χ2n) is 8.71. The summed E-state index contributed by atoms with van der Waals surface area (Å²) in [7, 11) is 0. The summed E-state index contributed by atoms with van der Waals surface area (Å²) < 4.78 is 11.5. The van der Waals surface area contributed by atoms with Crippen LogP contribution in [0.2, 0.25) is 0 Å². The predicted octanol–water partition coefficient (Wildman–Crippen LogP) is 3.42. The molecule has 5 fully saturated rings. The fourth-order valence-corrected chi connectivity index (χ4v) is 7.42. The van der Waals surface area contributed by atoms with E-state index in [1.165, 1.54) is 19.3 Å². The first-order valence-corrected chi connectivity index (χ1v) is 10.5. The minimum Gasteiger partial charge on any atom is -0.379 e. The van der Waals surface area contributed by atoms with E-state index in [-0.39, 0.29) is 9.74 Å². The number of carbonyl (C=O) groups excluding carboxylic acids is 1. The molecule has 0 aromatic carbocycles. The summed E-state index contributed by atoms with van der Waals surface area (Å²) in [6, 6.07) is 0. The van der Waals surface area contributed by atoms with Crippen molar-refractivity contribution in [3.05, 3.63) is 0 Å². The van der Waals surface area contributed by atoms with Crippen molar-refractivity contribution in [3.8, 4) is 0 Å². The van der Waals surface area contributed by atoms with Crippen molar-refractivity contribution in [1.82, 2.24) is 5.32 Å². The fourth-order valence-electron chi connectivity index (χ4n) is 5.97. The van der Waals surface area contributed by atoms with Gasteiger partial charge in [-0.05, 0) is 69.6 Å². The average molecular weight is 400 g/mol. The summed E-state index contributed by atoms with van der Waals surface area (Å²) in [5.41, 5.74) is -0.0911. The first-order valence-electron chi connectivity index (χ1n) is 9.74. The molecule has 4 nitrogen and oxygen atoms in total. The van der Waals surface area contributed by atoms with Crippen LogP contribution in [0.5, 0.6) is 0 Å². The second kappa shape index (κ2) is 6.88. The molecule has 4 aliphatic carbocycles. The number of hydrogen-bond acceptors (Lipinski definition) is 3. The van der Waals surface area contributed by atoms with Crippen molar-refractivity contribution < 1.29 is 14.3 Å². The van der Waals surface area contributed by atoms with E-state index >= 15 is 0 Å². The molecule has 5 aliphatic rings. The van der Waals surface area contributed by atoms with Crippen LogP contribution in [0.3, 0.4) is 0 Å². The zero-order valence-corrected chi connectivity index (χ0v) is 16.1. The van der Waals surface area contributed by atoms with Crippen LogP contribution in [0.15, 0.2) is 0 Å². The maximum atomic E-state index is 12.9. The maximum absolute atomic E-state index is 12.9. The monoisotopic (exact) mass is 399 g/mol. The molecule has 1 heterocycles. The molecule has 0 aromatic rings. The molecule has 136 valence electrons. The van der Waals surface area contributed by atoms with Gasteiger partial charge >= 0.3 is 0 Å². The molecule has 0 spiro atoms. The Bertz CT molecular complexity index is 463. The van der Waals surface area contributed by atoms with Crippen LogP contribution in [0.4, 0.5) is 0 Å². The van der Waals surface area contributed by atoms with Gasteiger partial charge in [0, 0.05) is 24.1 Å². The van der Waals surface area contributed by atoms with Crippen LogP contribution < -0.4 is 5.32 Å². The summed E-state index contributed by atoms with van der Waals surface area (Å²) in [5.74, 6) is 1.82. The topological polar surface area (TPSA) is 47.6 Å². The standard InChI is InChI=1S/C19H30BrNO3/c20-19-10-14-7-15(11-19)9-18(8-14,13-19)17(22)21-4-2-5-23-12-16-3-1-6-24-16/h14-16H,1-13H2,(H,21,22). The minimum atomic E-state index is -0.0911. The normalized spacial score (nSPS) is 43.3. The first kappa shape index (κ1) is 17.3. The average Bonchev–Trinajstić information content (AvgIpc) is 3.01. The Labute approximate surface area is 153 Å². The minimum absolute atomic E-state index is 0.0911. The lowest BCUT2D eigenvalue weighted by Gasteiger charge is -2.59. The number of alkyl halides is 1. The fraction of sp³-hybridized carbons (Fsp3) is 0.947. The van der Waals surface area contributed by atoms with E-state index in [0.29, 0.717) is 25.2 Å². The lowest BCUT2D eigenvalue weighted by atomic mass is 9.49. The van der Waals surface area contributed by atoms with Crippen molar-refractivity contribution in [2.45, 2.75) is 68.2 Å². The number of halogens is 1. The SMILES string of the molecule is O=C(NCCCOCC1CCCO1)C12CC3CC(CC(Br)(C3)C1)C2. The van der Waals surface area contributed by atoms with Crippen molar-refractivity contribution in [2.75, 3.05) is 26.4 Å². The molecule has 5 heteroatoms. The lowest BCUT2D eigenvalue weighted by Crippen LogP contribution is -2.58. The summed E-state index contributed by atoms with van der Waals surface area (Å²) in [6.07, 6.45) is 10.6. The largest absolute Gasteiger partial charge is 0.379 e. The second-order valence-corrected chi connectivity index (χ2v) is 10.4. The molecule has 5 rings (SSSR count). The lowest BCUT2D eigenvalue weighted by molar-refractivity contribution is -0.144. The Morgan fingerprint density at radius 1 is 1.25 bits per heavy atom. The van der Waals surface area contributed by atoms with Gasteiger partial charge in [-0.1, -0.05) is 15.9 Å². The van der Waals surface area contributed by atoms with E-state index in [0.717, 1.165) is 63.5 Å². The van der Waals surface area contributed by atoms with Gasteiger partial charge in [0.05, 0.1) is 18.1 Å². The van der Waals surface area contributed by atoms with Crippen LogP contribution in [0.1, 0.15) is 57.8 Å². The molecule has 4 saturated carbocycles. The van der Waals surface area contributed by atoms with Gasteiger partial charge in [-0.3, -0.25) is 4.79 Å². The van der Waals surface area contributed by atoms with Crippen molar-refractivity contribution in [2.24, 2.45) is 17.3 Å². The highest BCUT2D eigenvalue weighted by Crippen LogP contribution is 2.64. The molecular weight excluding hydrogens is 370 g/mol. The van der Waals surface area contributed by atoms with Gasteiger partial charge in [0.25, 0.3) is 0 Å². The highest BCUT2D eigenvalue weighted by atomic mass is 79.9. The zero-order chi connectivity index (χ0) is 16.6. The Hall–Kier alpha value is -0.130. The molecule has 24 heavy (non-hydrogen) atoms. The van der Waals surface area contributed by atoms with Gasteiger partial charge in [-0.2, -0.15) is 0 Å². The molecule has 1 aliphatic heterocycles. The van der Waals surface area contributed by atoms with Crippen LogP contribution in [0.25, 0.3) is 0 Å². The summed E-state index contributed by atoms with van der Waals surface area (Å²) in [4.78, 5) is 12.9. The molecule has 1 amide bonds. The predicted molar refractivity (Wildman–Crippen MR) is 96.2 cm³/mol. The quantitative estimate of drug-likeness (QED) is 0.526. The summed E-state index contributed by atoms with van der Waals surface area (Å²) in [5, 5.41) is 3.21. The molecule has 1 N–H and O–H groups in total. The van der Waals surface area contributed by atoms with Gasteiger partial charge in [0.2, 0.25) is 5.91 Å².